The number of nitrogen functional groups attached to an aromatic ring is 1. The fourth-order valence-corrected chi connectivity index (χ4v) is 5.01. The number of rotatable bonds is 8. The Bertz CT molecular complexity index is 1330. The van der Waals surface area contributed by atoms with Crippen LogP contribution in [0.15, 0.2) is 59.6 Å². The fraction of sp³-hybridized carbons (Fsp3) is 0.261. The van der Waals surface area contributed by atoms with E-state index in [0.29, 0.717) is 31.0 Å². The van der Waals surface area contributed by atoms with Gasteiger partial charge in [-0.15, -0.1) is 0 Å². The summed E-state index contributed by atoms with van der Waals surface area (Å²) in [5.74, 6) is 0.0174. The second-order valence-electron chi connectivity index (χ2n) is 7.90. The van der Waals surface area contributed by atoms with Crippen LogP contribution in [0, 0.1) is 5.41 Å². The third kappa shape index (κ3) is 4.96. The largest absolute Gasteiger partial charge is 0.497 e. The molecule has 172 valence electrons. The number of amidine groups is 1. The summed E-state index contributed by atoms with van der Waals surface area (Å²) < 4.78 is 31.0. The molecule has 4 rings (SSSR count). The predicted octanol–water partition coefficient (Wildman–Crippen LogP) is 1.65. The molecule has 1 aliphatic rings. The molecule has 1 aromatic heterocycles. The smallest absolute Gasteiger partial charge is 0.240 e. The number of likely N-dealkylation sites (tertiary alicyclic amines) is 1. The maximum Gasteiger partial charge on any atom is 0.240 e. The fourth-order valence-electron chi connectivity index (χ4n) is 3.84. The van der Waals surface area contributed by atoms with E-state index in [1.54, 1.807) is 54.6 Å². The van der Waals surface area contributed by atoms with Crippen LogP contribution in [-0.4, -0.2) is 55.6 Å². The minimum absolute atomic E-state index is 0.138. The first-order chi connectivity index (χ1) is 15.8. The Morgan fingerprint density at radius 2 is 2.00 bits per heavy atom. The van der Waals surface area contributed by atoms with Gasteiger partial charge < -0.3 is 15.4 Å². The van der Waals surface area contributed by atoms with Gasteiger partial charge in [0.1, 0.15) is 23.2 Å². The highest BCUT2D eigenvalue weighted by molar-refractivity contribution is 7.91. The number of aromatic nitrogens is 1. The van der Waals surface area contributed by atoms with Crippen molar-refractivity contribution in [3.8, 4) is 5.75 Å². The lowest BCUT2D eigenvalue weighted by molar-refractivity contribution is -0.129. The second kappa shape index (κ2) is 9.16. The Morgan fingerprint density at radius 1 is 1.21 bits per heavy atom. The molecule has 1 saturated heterocycles. The summed E-state index contributed by atoms with van der Waals surface area (Å²) in [5, 5.41) is 12.1. The van der Waals surface area contributed by atoms with Crippen molar-refractivity contribution in [2.75, 3.05) is 19.5 Å². The average molecular weight is 468 g/mol. The molecule has 0 spiro atoms. The highest BCUT2D eigenvalue weighted by atomic mass is 32.2. The van der Waals surface area contributed by atoms with Gasteiger partial charge in [0, 0.05) is 19.3 Å². The Balaban J connectivity index is 1.41. The number of sulfone groups is 1. The molecule has 0 bridgehead atoms. The molecule has 0 radical (unpaired) electrons. The predicted molar refractivity (Wildman–Crippen MR) is 125 cm³/mol. The zero-order chi connectivity index (χ0) is 23.6. The lowest BCUT2D eigenvalue weighted by Gasteiger charge is -2.17. The van der Waals surface area contributed by atoms with Crippen LogP contribution in [0.3, 0.4) is 0 Å². The highest BCUT2D eigenvalue weighted by Crippen LogP contribution is 2.24. The number of hydrogen-bond donors (Lipinski definition) is 3. The van der Waals surface area contributed by atoms with Gasteiger partial charge in [-0.05, 0) is 59.2 Å². The number of ether oxygens (including phenoxy) is 1. The topological polar surface area (TPSA) is 138 Å². The normalized spacial score (nSPS) is 16.3. The van der Waals surface area contributed by atoms with E-state index >= 15 is 0 Å². The van der Waals surface area contributed by atoms with Crippen molar-refractivity contribution in [1.82, 2.24) is 15.2 Å². The van der Waals surface area contributed by atoms with Gasteiger partial charge in [-0.25, -0.2) is 8.42 Å². The monoisotopic (exact) mass is 467 g/mol. The first kappa shape index (κ1) is 22.7. The standard InChI is InChI=1S/C23H25N5O4S/c1-32-18-4-2-16-3-5-19(12-17(16)11-18)33(30,31)14-27-20-7-9-28(23(20)29)13-15-6-8-26-21(10-15)22(24)25/h2-6,8,10-12,20,27H,7,9,13-14H2,1H3,(H3,24,25)/t20-/m0/s1. The minimum Gasteiger partial charge on any atom is -0.497 e. The second-order valence-corrected chi connectivity index (χ2v) is 9.89. The van der Waals surface area contributed by atoms with Crippen LogP contribution < -0.4 is 15.8 Å². The van der Waals surface area contributed by atoms with Gasteiger partial charge >= 0.3 is 0 Å². The summed E-state index contributed by atoms with van der Waals surface area (Å²) in [7, 11) is -2.08. The summed E-state index contributed by atoms with van der Waals surface area (Å²) >= 11 is 0. The van der Waals surface area contributed by atoms with Crippen molar-refractivity contribution >= 4 is 32.4 Å². The van der Waals surface area contributed by atoms with Crippen LogP contribution >= 0.6 is 0 Å². The average Bonchev–Trinajstić information content (AvgIpc) is 3.16. The van der Waals surface area contributed by atoms with Gasteiger partial charge in [0.25, 0.3) is 0 Å². The van der Waals surface area contributed by atoms with Crippen LogP contribution in [0.4, 0.5) is 0 Å². The van der Waals surface area contributed by atoms with Crippen LogP contribution in [0.2, 0.25) is 0 Å². The van der Waals surface area contributed by atoms with Gasteiger partial charge in [0.05, 0.1) is 18.0 Å². The van der Waals surface area contributed by atoms with Crippen LogP contribution in [0.1, 0.15) is 17.7 Å². The molecule has 0 unspecified atom stereocenters. The van der Waals surface area contributed by atoms with E-state index in [9.17, 15) is 13.2 Å². The van der Waals surface area contributed by atoms with Crippen molar-refractivity contribution in [2.24, 2.45) is 5.73 Å². The van der Waals surface area contributed by atoms with E-state index in [2.05, 4.69) is 10.3 Å². The number of methoxy groups -OCH3 is 1. The highest BCUT2D eigenvalue weighted by Gasteiger charge is 2.32. The third-order valence-electron chi connectivity index (χ3n) is 5.67. The Morgan fingerprint density at radius 3 is 2.76 bits per heavy atom. The molecule has 0 aliphatic carbocycles. The molecule has 4 N–H and O–H groups in total. The molecule has 9 nitrogen and oxygen atoms in total. The summed E-state index contributed by atoms with van der Waals surface area (Å²) in [4.78, 5) is 18.7. The summed E-state index contributed by atoms with van der Waals surface area (Å²) in [6, 6.07) is 13.3. The Hall–Kier alpha value is -3.50. The van der Waals surface area contributed by atoms with Crippen LogP contribution in [0.5, 0.6) is 5.75 Å². The molecule has 2 heterocycles. The molecule has 3 aromatic rings. The van der Waals surface area contributed by atoms with Crippen molar-refractivity contribution in [2.45, 2.75) is 23.9 Å². The molecule has 1 atom stereocenters. The maximum absolute atomic E-state index is 12.9. The number of benzene rings is 2. The van der Waals surface area contributed by atoms with E-state index in [-0.39, 0.29) is 22.5 Å². The van der Waals surface area contributed by atoms with Crippen molar-refractivity contribution in [3.05, 3.63) is 66.0 Å². The summed E-state index contributed by atoms with van der Waals surface area (Å²) in [6.07, 6.45) is 2.06. The van der Waals surface area contributed by atoms with E-state index in [1.807, 2.05) is 12.1 Å². The van der Waals surface area contributed by atoms with Gasteiger partial charge in [-0.3, -0.25) is 20.5 Å². The van der Waals surface area contributed by atoms with Crippen molar-refractivity contribution in [1.29, 1.82) is 5.41 Å². The number of amides is 1. The number of hydrogen-bond acceptors (Lipinski definition) is 7. The summed E-state index contributed by atoms with van der Waals surface area (Å²) in [5.41, 5.74) is 6.64. The number of carbonyl (C=O) groups excluding carboxylic acids is 1. The maximum atomic E-state index is 12.9. The molecule has 1 fully saturated rings. The lowest BCUT2D eigenvalue weighted by atomic mass is 10.1. The van der Waals surface area contributed by atoms with Crippen molar-refractivity contribution in [3.63, 3.8) is 0 Å². The van der Waals surface area contributed by atoms with Gasteiger partial charge in [0.15, 0.2) is 9.84 Å². The molecular formula is C23H25N5O4S. The molecular weight excluding hydrogens is 442 g/mol. The van der Waals surface area contributed by atoms with Gasteiger partial charge in [-0.1, -0.05) is 12.1 Å². The molecule has 0 saturated carbocycles. The number of carbonyl (C=O) groups is 1. The van der Waals surface area contributed by atoms with Crippen LogP contribution in [-0.2, 0) is 21.2 Å². The molecule has 1 aliphatic heterocycles. The molecule has 2 aromatic carbocycles. The van der Waals surface area contributed by atoms with E-state index in [4.69, 9.17) is 15.9 Å². The SMILES string of the molecule is COc1ccc2ccc(S(=O)(=O)CN[C@H]3CCN(Cc4ccnc(C(=N)N)c4)C3=O)cc2c1. The first-order valence-corrected chi connectivity index (χ1v) is 12.0. The van der Waals surface area contributed by atoms with Crippen LogP contribution in [0.25, 0.3) is 10.8 Å². The van der Waals surface area contributed by atoms with Gasteiger partial charge in [0.2, 0.25) is 5.91 Å². The number of fused-ring (bicyclic) bond motifs is 1. The molecule has 1 amide bonds. The Kier molecular flexibility index (Phi) is 6.30. The zero-order valence-corrected chi connectivity index (χ0v) is 18.9. The van der Waals surface area contributed by atoms with Crippen molar-refractivity contribution < 1.29 is 17.9 Å². The first-order valence-electron chi connectivity index (χ1n) is 10.4. The third-order valence-corrected chi connectivity index (χ3v) is 7.19. The molecule has 10 heteroatoms. The Labute approximate surface area is 192 Å². The number of pyridine rings is 1. The van der Waals surface area contributed by atoms with E-state index in [0.717, 1.165) is 16.3 Å². The quantitative estimate of drug-likeness (QED) is 0.338. The van der Waals surface area contributed by atoms with E-state index < -0.39 is 15.9 Å². The van der Waals surface area contributed by atoms with E-state index in [1.165, 1.54) is 0 Å². The minimum atomic E-state index is -3.64. The number of nitrogens with two attached hydrogens (primary N) is 1. The summed E-state index contributed by atoms with van der Waals surface area (Å²) in [6.45, 7) is 0.850. The number of nitrogens with one attached hydrogen (secondary N) is 2. The zero-order valence-electron chi connectivity index (χ0n) is 18.1. The van der Waals surface area contributed by atoms with Gasteiger partial charge in [-0.2, -0.15) is 0 Å². The number of nitrogens with zero attached hydrogens (tertiary/aromatic N) is 2. The molecule has 33 heavy (non-hydrogen) atoms. The lowest BCUT2D eigenvalue weighted by Crippen LogP contribution is -2.40.